The SMILES string of the molecule is CCC1=CC(CC)C2=C1C(CC)C(CC)C(CC)C2CC. The van der Waals surface area contributed by atoms with Gasteiger partial charge < -0.3 is 0 Å². The van der Waals surface area contributed by atoms with Crippen molar-refractivity contribution >= 4 is 0 Å². The summed E-state index contributed by atoms with van der Waals surface area (Å²) in [5.41, 5.74) is 5.41. The van der Waals surface area contributed by atoms with Gasteiger partial charge in [-0.15, -0.1) is 0 Å². The van der Waals surface area contributed by atoms with Crippen LogP contribution in [0.2, 0.25) is 0 Å². The fourth-order valence-electron chi connectivity index (χ4n) is 5.63. The molecule has 5 unspecified atom stereocenters. The summed E-state index contributed by atoms with van der Waals surface area (Å²) in [6.07, 6.45) is 10.6. The molecule has 0 aromatic heterocycles. The van der Waals surface area contributed by atoms with E-state index in [2.05, 4.69) is 47.6 Å². The molecule has 0 amide bonds. The van der Waals surface area contributed by atoms with Crippen LogP contribution in [-0.2, 0) is 0 Å². The van der Waals surface area contributed by atoms with Crippen molar-refractivity contribution in [3.63, 3.8) is 0 Å². The molecule has 0 saturated carbocycles. The molecule has 0 aliphatic heterocycles. The standard InChI is InChI=1S/C21H36/c1-7-14-13-15(8-2)21-19(12-6)17(10-4)16(9-3)18(11-5)20(14)21/h13-14,16-19H,7-12H2,1-6H3. The maximum Gasteiger partial charge on any atom is -0.00111 e. The summed E-state index contributed by atoms with van der Waals surface area (Å²) in [6, 6.07) is 0. The lowest BCUT2D eigenvalue weighted by molar-refractivity contribution is 0.150. The molecular formula is C21H36. The lowest BCUT2D eigenvalue weighted by Crippen LogP contribution is -2.36. The van der Waals surface area contributed by atoms with E-state index >= 15 is 0 Å². The van der Waals surface area contributed by atoms with E-state index in [0.717, 1.165) is 29.6 Å². The highest BCUT2D eigenvalue weighted by molar-refractivity contribution is 5.49. The van der Waals surface area contributed by atoms with Crippen LogP contribution in [0.5, 0.6) is 0 Å². The van der Waals surface area contributed by atoms with E-state index in [9.17, 15) is 0 Å². The number of allylic oxidation sites excluding steroid dienone is 4. The van der Waals surface area contributed by atoms with E-state index in [1.54, 1.807) is 5.57 Å². The molecule has 0 heteroatoms. The Morgan fingerprint density at radius 1 is 0.714 bits per heavy atom. The third-order valence-corrected chi connectivity index (χ3v) is 6.46. The van der Waals surface area contributed by atoms with Crippen LogP contribution in [0, 0.1) is 29.6 Å². The number of hydrogen-bond acceptors (Lipinski definition) is 0. The Hall–Kier alpha value is -0.520. The van der Waals surface area contributed by atoms with Gasteiger partial charge in [0.05, 0.1) is 0 Å². The normalized spacial score (nSPS) is 35.9. The molecule has 0 bridgehead atoms. The minimum atomic E-state index is 0.751. The molecule has 0 heterocycles. The second kappa shape index (κ2) is 7.16. The predicted octanol–water partition coefficient (Wildman–Crippen LogP) is 6.78. The monoisotopic (exact) mass is 288 g/mol. The van der Waals surface area contributed by atoms with Crippen molar-refractivity contribution in [1.29, 1.82) is 0 Å². The largest absolute Gasteiger partial charge is 0.0738 e. The van der Waals surface area contributed by atoms with Gasteiger partial charge in [-0.05, 0) is 66.4 Å². The van der Waals surface area contributed by atoms with E-state index < -0.39 is 0 Å². The summed E-state index contributed by atoms with van der Waals surface area (Å²) in [4.78, 5) is 0. The first-order chi connectivity index (χ1) is 10.2. The van der Waals surface area contributed by atoms with E-state index in [1.807, 2.05) is 11.1 Å². The molecule has 0 aromatic carbocycles. The first-order valence-corrected chi connectivity index (χ1v) is 9.63. The molecule has 0 fully saturated rings. The summed E-state index contributed by atoms with van der Waals surface area (Å²) in [7, 11) is 0. The molecule has 0 aromatic rings. The third kappa shape index (κ3) is 2.64. The smallest absolute Gasteiger partial charge is 0.00111 e. The maximum absolute atomic E-state index is 2.64. The third-order valence-electron chi connectivity index (χ3n) is 6.46. The average Bonchev–Trinajstić information content (AvgIpc) is 2.90. The predicted molar refractivity (Wildman–Crippen MR) is 94.3 cm³/mol. The Morgan fingerprint density at radius 3 is 1.71 bits per heavy atom. The van der Waals surface area contributed by atoms with Crippen LogP contribution in [0.4, 0.5) is 0 Å². The van der Waals surface area contributed by atoms with Crippen LogP contribution >= 0.6 is 0 Å². The van der Waals surface area contributed by atoms with Gasteiger partial charge in [0.25, 0.3) is 0 Å². The molecule has 0 nitrogen and oxygen atoms in total. The van der Waals surface area contributed by atoms with Gasteiger partial charge in [-0.3, -0.25) is 0 Å². The highest BCUT2D eigenvalue weighted by Gasteiger charge is 2.44. The van der Waals surface area contributed by atoms with Gasteiger partial charge in [0, 0.05) is 0 Å². The topological polar surface area (TPSA) is 0 Å². The van der Waals surface area contributed by atoms with Gasteiger partial charge in [-0.2, -0.15) is 0 Å². The molecule has 21 heavy (non-hydrogen) atoms. The van der Waals surface area contributed by atoms with E-state index in [4.69, 9.17) is 0 Å². The summed E-state index contributed by atoms with van der Waals surface area (Å²) in [5, 5.41) is 0. The first kappa shape index (κ1) is 16.8. The number of hydrogen-bond donors (Lipinski definition) is 0. The zero-order valence-corrected chi connectivity index (χ0v) is 15.2. The Balaban J connectivity index is 2.56. The summed E-state index contributed by atoms with van der Waals surface area (Å²) >= 11 is 0. The lowest BCUT2D eigenvalue weighted by Gasteiger charge is -2.45. The molecule has 0 N–H and O–H groups in total. The van der Waals surface area contributed by atoms with Crippen LogP contribution < -0.4 is 0 Å². The van der Waals surface area contributed by atoms with Crippen LogP contribution in [0.1, 0.15) is 80.1 Å². The van der Waals surface area contributed by atoms with Crippen molar-refractivity contribution in [3.05, 3.63) is 22.8 Å². The molecule has 0 saturated heterocycles. The molecule has 0 radical (unpaired) electrons. The van der Waals surface area contributed by atoms with Crippen molar-refractivity contribution in [3.8, 4) is 0 Å². The fourth-order valence-corrected chi connectivity index (χ4v) is 5.63. The van der Waals surface area contributed by atoms with Crippen LogP contribution in [0.15, 0.2) is 22.8 Å². The van der Waals surface area contributed by atoms with Gasteiger partial charge in [-0.25, -0.2) is 0 Å². The van der Waals surface area contributed by atoms with E-state index in [-0.39, 0.29) is 0 Å². The zero-order chi connectivity index (χ0) is 15.6. The van der Waals surface area contributed by atoms with Gasteiger partial charge in [0.15, 0.2) is 0 Å². The van der Waals surface area contributed by atoms with Crippen molar-refractivity contribution < 1.29 is 0 Å². The number of rotatable bonds is 6. The average molecular weight is 289 g/mol. The van der Waals surface area contributed by atoms with Gasteiger partial charge in [-0.1, -0.05) is 66.0 Å². The molecule has 2 aliphatic carbocycles. The molecule has 5 atom stereocenters. The highest BCUT2D eigenvalue weighted by Crippen LogP contribution is 2.55. The van der Waals surface area contributed by atoms with Crippen molar-refractivity contribution in [2.24, 2.45) is 29.6 Å². The van der Waals surface area contributed by atoms with Gasteiger partial charge >= 0.3 is 0 Å². The van der Waals surface area contributed by atoms with E-state index in [0.29, 0.717) is 0 Å². The lowest BCUT2D eigenvalue weighted by atomic mass is 9.59. The summed E-state index contributed by atoms with van der Waals surface area (Å²) in [6.45, 7) is 14.4. The maximum atomic E-state index is 2.64. The second-order valence-electron chi connectivity index (χ2n) is 7.10. The zero-order valence-electron chi connectivity index (χ0n) is 15.2. The molecule has 2 aliphatic rings. The molecule has 120 valence electrons. The summed E-state index contributed by atoms with van der Waals surface area (Å²) < 4.78 is 0. The van der Waals surface area contributed by atoms with Crippen molar-refractivity contribution in [2.45, 2.75) is 80.1 Å². The second-order valence-corrected chi connectivity index (χ2v) is 7.10. The van der Waals surface area contributed by atoms with Crippen LogP contribution in [0.25, 0.3) is 0 Å². The Bertz CT molecular complexity index is 412. The van der Waals surface area contributed by atoms with Gasteiger partial charge in [0.1, 0.15) is 0 Å². The molecular weight excluding hydrogens is 252 g/mol. The summed E-state index contributed by atoms with van der Waals surface area (Å²) in [5.74, 6) is 4.26. The quantitative estimate of drug-likeness (QED) is 0.505. The van der Waals surface area contributed by atoms with Crippen molar-refractivity contribution in [1.82, 2.24) is 0 Å². The molecule has 0 spiro atoms. The van der Waals surface area contributed by atoms with E-state index in [1.165, 1.54) is 38.5 Å². The van der Waals surface area contributed by atoms with Crippen molar-refractivity contribution in [2.75, 3.05) is 0 Å². The Kier molecular flexibility index (Phi) is 5.74. The minimum Gasteiger partial charge on any atom is -0.0738 e. The Morgan fingerprint density at radius 2 is 1.29 bits per heavy atom. The Labute approximate surface area is 133 Å². The fraction of sp³-hybridized carbons (Fsp3) is 0.810. The minimum absolute atomic E-state index is 0.751. The van der Waals surface area contributed by atoms with Gasteiger partial charge in [0.2, 0.25) is 0 Å². The molecule has 2 rings (SSSR count). The first-order valence-electron chi connectivity index (χ1n) is 9.63. The van der Waals surface area contributed by atoms with Crippen LogP contribution in [0.3, 0.4) is 0 Å². The van der Waals surface area contributed by atoms with Crippen LogP contribution in [-0.4, -0.2) is 0 Å². The highest BCUT2D eigenvalue weighted by atomic mass is 14.5.